The first-order chi connectivity index (χ1) is 8.41. The third kappa shape index (κ3) is 4.23. The van der Waals surface area contributed by atoms with E-state index in [-0.39, 0.29) is 0 Å². The molecule has 4 nitrogen and oxygen atoms in total. The number of thiocarbonyl (C=S) groups is 1. The summed E-state index contributed by atoms with van der Waals surface area (Å²) in [4.78, 5) is 6.89. The second-order valence-corrected chi connectivity index (χ2v) is 5.29. The Morgan fingerprint density at radius 3 is 2.78 bits per heavy atom. The van der Waals surface area contributed by atoms with Crippen LogP contribution < -0.4 is 11.1 Å². The molecule has 0 fully saturated rings. The van der Waals surface area contributed by atoms with E-state index in [1.165, 1.54) is 0 Å². The number of aromatic nitrogens is 1. The van der Waals surface area contributed by atoms with Crippen LogP contribution in [0.1, 0.15) is 24.5 Å². The zero-order valence-corrected chi connectivity index (χ0v) is 12.3. The molecule has 0 aliphatic carbocycles. The van der Waals surface area contributed by atoms with E-state index >= 15 is 0 Å². The summed E-state index contributed by atoms with van der Waals surface area (Å²) in [6.45, 7) is 5.16. The van der Waals surface area contributed by atoms with Crippen LogP contribution in [-0.2, 0) is 0 Å². The summed E-state index contributed by atoms with van der Waals surface area (Å²) in [5.74, 6) is 0.786. The van der Waals surface area contributed by atoms with Gasteiger partial charge in [-0.1, -0.05) is 12.2 Å². The lowest BCUT2D eigenvalue weighted by molar-refractivity contribution is 0.390. The van der Waals surface area contributed by atoms with Crippen molar-refractivity contribution in [1.82, 2.24) is 9.88 Å². The number of nitrogens with two attached hydrogens (primary N) is 1. The van der Waals surface area contributed by atoms with Crippen molar-refractivity contribution in [2.45, 2.75) is 26.3 Å². The molecule has 0 amide bonds. The molecule has 1 heterocycles. The number of hydrogen-bond acceptors (Lipinski definition) is 4. The fraction of sp³-hybridized carbons (Fsp3) is 0.538. The smallest absolute Gasteiger partial charge is 0.136 e. The van der Waals surface area contributed by atoms with E-state index in [9.17, 15) is 0 Å². The van der Waals surface area contributed by atoms with Gasteiger partial charge in [-0.2, -0.15) is 0 Å². The monoisotopic (exact) mass is 266 g/mol. The van der Waals surface area contributed by atoms with E-state index in [2.05, 4.69) is 36.2 Å². The number of rotatable bonds is 6. The van der Waals surface area contributed by atoms with Crippen LogP contribution in [0.25, 0.3) is 0 Å². The largest absolute Gasteiger partial charge is 0.389 e. The molecule has 0 saturated heterocycles. The molecular formula is C13H22N4S. The molecule has 3 N–H and O–H groups in total. The van der Waals surface area contributed by atoms with E-state index in [4.69, 9.17) is 18.0 Å². The van der Waals surface area contributed by atoms with Crippen molar-refractivity contribution in [2.75, 3.05) is 26.0 Å². The van der Waals surface area contributed by atoms with Crippen LogP contribution in [-0.4, -0.2) is 41.6 Å². The van der Waals surface area contributed by atoms with Gasteiger partial charge in [-0.3, -0.25) is 0 Å². The zero-order valence-electron chi connectivity index (χ0n) is 11.5. The van der Waals surface area contributed by atoms with Gasteiger partial charge >= 0.3 is 0 Å². The van der Waals surface area contributed by atoms with Crippen LogP contribution in [0.2, 0.25) is 0 Å². The maximum Gasteiger partial charge on any atom is 0.136 e. The molecule has 0 spiro atoms. The van der Waals surface area contributed by atoms with Gasteiger partial charge in [-0.25, -0.2) is 4.98 Å². The first-order valence-electron chi connectivity index (χ1n) is 6.08. The van der Waals surface area contributed by atoms with Crippen LogP contribution in [0.5, 0.6) is 0 Å². The Labute approximate surface area is 115 Å². The summed E-state index contributed by atoms with van der Waals surface area (Å²) < 4.78 is 0. The van der Waals surface area contributed by atoms with Crippen molar-refractivity contribution >= 4 is 23.0 Å². The molecule has 100 valence electrons. The molecule has 1 aromatic rings. The summed E-state index contributed by atoms with van der Waals surface area (Å²) in [7, 11) is 4.14. The molecule has 0 aromatic carbocycles. The van der Waals surface area contributed by atoms with Crippen molar-refractivity contribution in [2.24, 2.45) is 5.73 Å². The minimum atomic E-state index is 0.329. The van der Waals surface area contributed by atoms with Gasteiger partial charge in [0.2, 0.25) is 0 Å². The average molecular weight is 266 g/mol. The lowest BCUT2D eigenvalue weighted by atomic mass is 10.1. The standard InChI is InChI=1S/C13H22N4S/c1-9-5-7-15-13(11(9)12(14)18)16-10(2)6-8-17(3)4/h5,7,10H,6,8H2,1-4H3,(H2,14,18)(H,15,16). The van der Waals surface area contributed by atoms with Gasteiger partial charge in [0.25, 0.3) is 0 Å². The highest BCUT2D eigenvalue weighted by atomic mass is 32.1. The molecule has 0 radical (unpaired) electrons. The van der Waals surface area contributed by atoms with Gasteiger partial charge in [0.15, 0.2) is 0 Å². The average Bonchev–Trinajstić information content (AvgIpc) is 2.26. The van der Waals surface area contributed by atoms with Crippen molar-refractivity contribution in [3.05, 3.63) is 23.4 Å². The molecule has 0 aliphatic heterocycles. The summed E-state index contributed by atoms with van der Waals surface area (Å²) in [5.41, 5.74) is 7.66. The van der Waals surface area contributed by atoms with E-state index in [0.29, 0.717) is 11.0 Å². The van der Waals surface area contributed by atoms with Crippen LogP contribution >= 0.6 is 12.2 Å². The first-order valence-corrected chi connectivity index (χ1v) is 6.49. The van der Waals surface area contributed by atoms with E-state index in [1.807, 2.05) is 13.0 Å². The second kappa shape index (κ2) is 6.66. The Bertz CT molecular complexity index is 417. The van der Waals surface area contributed by atoms with Crippen LogP contribution in [0.4, 0.5) is 5.82 Å². The van der Waals surface area contributed by atoms with Crippen molar-refractivity contribution in [3.63, 3.8) is 0 Å². The predicted octanol–water partition coefficient (Wildman–Crippen LogP) is 1.78. The van der Waals surface area contributed by atoms with E-state index in [0.717, 1.165) is 29.9 Å². The lowest BCUT2D eigenvalue weighted by Gasteiger charge is -2.19. The summed E-state index contributed by atoms with van der Waals surface area (Å²) >= 11 is 5.09. The predicted molar refractivity (Wildman–Crippen MR) is 81.1 cm³/mol. The first kappa shape index (κ1) is 14.9. The maximum atomic E-state index is 5.76. The van der Waals surface area contributed by atoms with Gasteiger partial charge in [-0.05, 0) is 52.5 Å². The fourth-order valence-corrected chi connectivity index (χ4v) is 1.99. The molecule has 1 rings (SSSR count). The normalized spacial score (nSPS) is 12.5. The van der Waals surface area contributed by atoms with E-state index in [1.54, 1.807) is 6.20 Å². The SMILES string of the molecule is Cc1ccnc(NC(C)CCN(C)C)c1C(N)=S. The Morgan fingerprint density at radius 2 is 2.22 bits per heavy atom. The Hall–Kier alpha value is -1.20. The Morgan fingerprint density at radius 1 is 1.56 bits per heavy atom. The van der Waals surface area contributed by atoms with Gasteiger partial charge < -0.3 is 16.0 Å². The summed E-state index contributed by atoms with van der Waals surface area (Å²) in [5, 5.41) is 3.38. The molecule has 1 unspecified atom stereocenters. The molecule has 18 heavy (non-hydrogen) atoms. The van der Waals surface area contributed by atoms with Crippen molar-refractivity contribution in [1.29, 1.82) is 0 Å². The number of nitrogens with one attached hydrogen (secondary N) is 1. The fourth-order valence-electron chi connectivity index (χ4n) is 1.74. The number of pyridine rings is 1. The van der Waals surface area contributed by atoms with Gasteiger partial charge in [0.1, 0.15) is 10.8 Å². The second-order valence-electron chi connectivity index (χ2n) is 4.85. The highest BCUT2D eigenvalue weighted by molar-refractivity contribution is 7.80. The summed E-state index contributed by atoms with van der Waals surface area (Å²) in [6, 6.07) is 2.25. The lowest BCUT2D eigenvalue weighted by Crippen LogP contribution is -2.25. The van der Waals surface area contributed by atoms with Crippen LogP contribution in [0, 0.1) is 6.92 Å². The van der Waals surface area contributed by atoms with Crippen LogP contribution in [0.15, 0.2) is 12.3 Å². The zero-order chi connectivity index (χ0) is 13.7. The Kier molecular flexibility index (Phi) is 5.50. The minimum Gasteiger partial charge on any atom is -0.389 e. The highest BCUT2D eigenvalue weighted by Gasteiger charge is 2.12. The third-order valence-corrected chi connectivity index (χ3v) is 3.00. The van der Waals surface area contributed by atoms with Crippen molar-refractivity contribution in [3.8, 4) is 0 Å². The summed E-state index contributed by atoms with van der Waals surface area (Å²) in [6.07, 6.45) is 2.82. The molecule has 0 saturated carbocycles. The number of nitrogens with zero attached hydrogens (tertiary/aromatic N) is 2. The number of aryl methyl sites for hydroxylation is 1. The minimum absolute atomic E-state index is 0.329. The molecule has 5 heteroatoms. The Balaban J connectivity index is 2.78. The third-order valence-electron chi connectivity index (χ3n) is 2.80. The van der Waals surface area contributed by atoms with Crippen molar-refractivity contribution < 1.29 is 0 Å². The van der Waals surface area contributed by atoms with Gasteiger partial charge in [0.05, 0.1) is 5.56 Å². The highest BCUT2D eigenvalue weighted by Crippen LogP contribution is 2.17. The molecule has 0 aliphatic rings. The molecule has 0 bridgehead atoms. The number of hydrogen-bond donors (Lipinski definition) is 2. The van der Waals surface area contributed by atoms with Gasteiger partial charge in [-0.15, -0.1) is 0 Å². The van der Waals surface area contributed by atoms with E-state index < -0.39 is 0 Å². The number of anilines is 1. The molecule has 1 atom stereocenters. The molecular weight excluding hydrogens is 244 g/mol. The molecule has 1 aromatic heterocycles. The quantitative estimate of drug-likeness (QED) is 0.769. The van der Waals surface area contributed by atoms with Crippen LogP contribution in [0.3, 0.4) is 0 Å². The van der Waals surface area contributed by atoms with Gasteiger partial charge in [0, 0.05) is 12.2 Å². The topological polar surface area (TPSA) is 54.2 Å². The maximum absolute atomic E-state index is 5.76.